The molecule has 4 heterocycles. The zero-order valence-electron chi connectivity index (χ0n) is 24.8. The molecule has 2 aliphatic rings. The summed E-state index contributed by atoms with van der Waals surface area (Å²) in [5.41, 5.74) is 4.68. The molecular weight excluding hydrogens is 544 g/mol. The Hall–Kier alpha value is -4.48. The highest BCUT2D eigenvalue weighted by Crippen LogP contribution is 2.29. The number of amides is 3. The van der Waals surface area contributed by atoms with E-state index in [0.29, 0.717) is 36.0 Å². The number of carbonyl (C=O) groups is 2. The molecule has 0 aliphatic carbocycles. The van der Waals surface area contributed by atoms with E-state index in [1.165, 1.54) is 0 Å². The van der Waals surface area contributed by atoms with Crippen molar-refractivity contribution in [3.63, 3.8) is 0 Å². The van der Waals surface area contributed by atoms with Gasteiger partial charge in [-0.1, -0.05) is 6.92 Å². The number of likely N-dealkylation sites (N-methyl/N-ethyl adjacent to an activating group) is 1. The Morgan fingerprint density at radius 1 is 0.791 bits per heavy atom. The number of carbonyl (C=O) groups excluding carboxylic acids is 2. The number of aromatic nitrogens is 3. The number of hydrogen-bond acceptors (Lipinski definition) is 7. The third-order valence-electron chi connectivity index (χ3n) is 8.14. The van der Waals surface area contributed by atoms with Gasteiger partial charge in [0.25, 0.3) is 5.91 Å². The Morgan fingerprint density at radius 2 is 1.44 bits per heavy atom. The van der Waals surface area contributed by atoms with E-state index in [-0.39, 0.29) is 11.9 Å². The van der Waals surface area contributed by atoms with Gasteiger partial charge in [-0.2, -0.15) is 0 Å². The van der Waals surface area contributed by atoms with Crippen molar-refractivity contribution in [2.75, 3.05) is 74.6 Å². The molecule has 11 heteroatoms. The molecule has 6 rings (SSSR count). The molecule has 0 atom stereocenters. The fourth-order valence-electron chi connectivity index (χ4n) is 5.62. The van der Waals surface area contributed by atoms with Crippen molar-refractivity contribution in [1.29, 1.82) is 0 Å². The quantitative estimate of drug-likeness (QED) is 0.333. The molecule has 2 aliphatic heterocycles. The fraction of sp³-hybridized carbons (Fsp3) is 0.375. The Balaban J connectivity index is 1.10. The van der Waals surface area contributed by atoms with E-state index >= 15 is 0 Å². The van der Waals surface area contributed by atoms with Crippen molar-refractivity contribution in [3.05, 3.63) is 66.4 Å². The molecule has 3 amide bonds. The molecule has 2 aromatic heterocycles. The second-order valence-corrected chi connectivity index (χ2v) is 10.8. The van der Waals surface area contributed by atoms with E-state index in [4.69, 9.17) is 14.7 Å². The maximum atomic E-state index is 12.9. The Bertz CT molecular complexity index is 1570. The van der Waals surface area contributed by atoms with Crippen LogP contribution in [0.1, 0.15) is 24.2 Å². The van der Waals surface area contributed by atoms with Crippen molar-refractivity contribution in [1.82, 2.24) is 24.3 Å². The first-order valence-electron chi connectivity index (χ1n) is 15.0. The van der Waals surface area contributed by atoms with Crippen LogP contribution in [-0.2, 0) is 11.3 Å². The second-order valence-electron chi connectivity index (χ2n) is 10.8. The zero-order valence-corrected chi connectivity index (χ0v) is 24.8. The lowest BCUT2D eigenvalue weighted by Gasteiger charge is -2.34. The summed E-state index contributed by atoms with van der Waals surface area (Å²) < 4.78 is 7.74. The van der Waals surface area contributed by atoms with Gasteiger partial charge in [-0.05, 0) is 68.1 Å². The van der Waals surface area contributed by atoms with Crippen LogP contribution in [-0.4, -0.2) is 95.3 Å². The summed E-state index contributed by atoms with van der Waals surface area (Å²) in [5, 5.41) is 5.72. The van der Waals surface area contributed by atoms with Crippen LogP contribution in [0.5, 0.6) is 0 Å². The average Bonchev–Trinajstić information content (AvgIpc) is 3.48. The summed E-state index contributed by atoms with van der Waals surface area (Å²) in [7, 11) is 0. The van der Waals surface area contributed by atoms with Crippen LogP contribution in [0.3, 0.4) is 0 Å². The van der Waals surface area contributed by atoms with Crippen LogP contribution in [0.15, 0.2) is 60.8 Å². The molecule has 2 saturated heterocycles. The monoisotopic (exact) mass is 582 g/mol. The number of rotatable bonds is 7. The van der Waals surface area contributed by atoms with E-state index in [9.17, 15) is 9.59 Å². The molecule has 2 N–H and O–H groups in total. The first-order chi connectivity index (χ1) is 21.0. The number of ether oxygens (including phenoxy) is 1. The van der Waals surface area contributed by atoms with Crippen LogP contribution >= 0.6 is 0 Å². The lowest BCUT2D eigenvalue weighted by molar-refractivity contribution is 0.0643. The molecule has 0 radical (unpaired) electrons. The standard InChI is InChI=1S/C32H38N8O3/c1-3-37-15-17-40(18-16-37)31(41)24-7-11-26(12-8-24)34-32(42)33-25-9-5-23(6-10-25)29-35-27-13-14-38(4-2)28(27)30(36-29)39-19-21-43-22-20-39/h5-14H,3-4,15-22H2,1-2H3,(H2,33,34,42). The van der Waals surface area contributed by atoms with Gasteiger partial charge >= 0.3 is 6.03 Å². The summed E-state index contributed by atoms with van der Waals surface area (Å²) in [6, 6.07) is 16.2. The highest BCUT2D eigenvalue weighted by atomic mass is 16.5. The Morgan fingerprint density at radius 3 is 2.07 bits per heavy atom. The van der Waals surface area contributed by atoms with Gasteiger partial charge in [0.2, 0.25) is 0 Å². The Kier molecular flexibility index (Phi) is 8.52. The highest BCUT2D eigenvalue weighted by Gasteiger charge is 2.22. The number of benzene rings is 2. The van der Waals surface area contributed by atoms with Gasteiger partial charge in [0.05, 0.1) is 18.7 Å². The second kappa shape index (κ2) is 12.8. The first-order valence-corrected chi connectivity index (χ1v) is 15.0. The highest BCUT2D eigenvalue weighted by molar-refractivity contribution is 6.00. The predicted octanol–water partition coefficient (Wildman–Crippen LogP) is 4.38. The summed E-state index contributed by atoms with van der Waals surface area (Å²) in [6.07, 6.45) is 2.05. The van der Waals surface area contributed by atoms with E-state index in [1.54, 1.807) is 24.3 Å². The van der Waals surface area contributed by atoms with Gasteiger partial charge in [-0.15, -0.1) is 0 Å². The van der Waals surface area contributed by atoms with Crippen LogP contribution in [0.4, 0.5) is 22.0 Å². The molecule has 4 aromatic rings. The number of hydrogen-bond donors (Lipinski definition) is 2. The average molecular weight is 583 g/mol. The third kappa shape index (κ3) is 6.32. The van der Waals surface area contributed by atoms with Gasteiger partial charge in [-0.3, -0.25) is 4.79 Å². The molecule has 43 heavy (non-hydrogen) atoms. The number of nitrogens with zero attached hydrogens (tertiary/aromatic N) is 6. The van der Waals surface area contributed by atoms with E-state index in [2.05, 4.69) is 45.0 Å². The minimum atomic E-state index is -0.365. The molecule has 11 nitrogen and oxygen atoms in total. The van der Waals surface area contributed by atoms with Crippen molar-refractivity contribution < 1.29 is 14.3 Å². The molecule has 2 fully saturated rings. The number of morpholine rings is 1. The fourth-order valence-corrected chi connectivity index (χ4v) is 5.62. The van der Waals surface area contributed by atoms with Crippen LogP contribution in [0.25, 0.3) is 22.4 Å². The van der Waals surface area contributed by atoms with Crippen LogP contribution in [0.2, 0.25) is 0 Å². The number of piperazine rings is 1. The first kappa shape index (κ1) is 28.6. The van der Waals surface area contributed by atoms with E-state index in [1.807, 2.05) is 35.2 Å². The Labute approximate surface area is 251 Å². The summed E-state index contributed by atoms with van der Waals surface area (Å²) in [5.74, 6) is 1.58. The maximum absolute atomic E-state index is 12.9. The van der Waals surface area contributed by atoms with E-state index in [0.717, 1.165) is 74.8 Å². The van der Waals surface area contributed by atoms with Crippen LogP contribution < -0.4 is 15.5 Å². The summed E-state index contributed by atoms with van der Waals surface area (Å²) >= 11 is 0. The third-order valence-corrected chi connectivity index (χ3v) is 8.14. The topological polar surface area (TPSA) is 108 Å². The molecule has 0 spiro atoms. The van der Waals surface area contributed by atoms with E-state index < -0.39 is 0 Å². The lowest BCUT2D eigenvalue weighted by atomic mass is 10.1. The van der Waals surface area contributed by atoms with Crippen molar-refractivity contribution in [3.8, 4) is 11.4 Å². The minimum Gasteiger partial charge on any atom is -0.378 e. The minimum absolute atomic E-state index is 0.0231. The summed E-state index contributed by atoms with van der Waals surface area (Å²) in [6.45, 7) is 12.3. The smallest absolute Gasteiger partial charge is 0.323 e. The maximum Gasteiger partial charge on any atom is 0.323 e. The molecule has 0 bridgehead atoms. The number of nitrogens with one attached hydrogen (secondary N) is 2. The SMILES string of the molecule is CCN1CCN(C(=O)c2ccc(NC(=O)Nc3ccc(-c4nc(N5CCOCC5)c5c(ccn5CC)n4)cc3)cc2)CC1. The molecular formula is C32H38N8O3. The van der Waals surface area contributed by atoms with Gasteiger partial charge < -0.3 is 34.6 Å². The largest absolute Gasteiger partial charge is 0.378 e. The van der Waals surface area contributed by atoms with Gasteiger partial charge in [0, 0.05) is 74.5 Å². The van der Waals surface area contributed by atoms with Crippen molar-refractivity contribution in [2.45, 2.75) is 20.4 Å². The van der Waals surface area contributed by atoms with Crippen molar-refractivity contribution >= 4 is 40.2 Å². The predicted molar refractivity (Wildman–Crippen MR) is 169 cm³/mol. The number of aryl methyl sites for hydroxylation is 1. The number of urea groups is 1. The lowest BCUT2D eigenvalue weighted by Crippen LogP contribution is -2.48. The number of fused-ring (bicyclic) bond motifs is 1. The number of anilines is 3. The molecule has 2 aromatic carbocycles. The van der Waals surface area contributed by atoms with Gasteiger partial charge in [0.15, 0.2) is 11.6 Å². The van der Waals surface area contributed by atoms with Gasteiger partial charge in [0.1, 0.15) is 5.52 Å². The summed E-state index contributed by atoms with van der Waals surface area (Å²) in [4.78, 5) is 41.9. The zero-order chi connectivity index (χ0) is 29.8. The molecule has 224 valence electrons. The normalized spacial score (nSPS) is 16.0. The van der Waals surface area contributed by atoms with Gasteiger partial charge in [-0.25, -0.2) is 14.8 Å². The molecule has 0 unspecified atom stereocenters. The molecule has 0 saturated carbocycles. The van der Waals surface area contributed by atoms with Crippen molar-refractivity contribution in [2.24, 2.45) is 0 Å². The van der Waals surface area contributed by atoms with Crippen LogP contribution in [0, 0.1) is 0 Å².